The third-order valence-corrected chi connectivity index (χ3v) is 7.43. The second-order valence-electron chi connectivity index (χ2n) is 7.66. The van der Waals surface area contributed by atoms with Gasteiger partial charge in [-0.3, -0.25) is 9.59 Å². The summed E-state index contributed by atoms with van der Waals surface area (Å²) in [5.74, 6) is 2.11. The molecule has 156 valence electrons. The molecular formula is C21H21N3O4S2. The maximum Gasteiger partial charge on any atom is 0.260 e. The number of hydrogen-bond donors (Lipinski definition) is 2. The van der Waals surface area contributed by atoms with Crippen molar-refractivity contribution in [3.05, 3.63) is 44.6 Å². The van der Waals surface area contributed by atoms with Crippen molar-refractivity contribution < 1.29 is 14.3 Å². The summed E-state index contributed by atoms with van der Waals surface area (Å²) in [7, 11) is 0. The number of nitrogens with zero attached hydrogens (tertiary/aromatic N) is 1. The van der Waals surface area contributed by atoms with Gasteiger partial charge in [0.2, 0.25) is 12.7 Å². The predicted molar refractivity (Wildman–Crippen MR) is 117 cm³/mol. The molecule has 2 aromatic heterocycles. The number of H-pyrrole nitrogens is 1. The van der Waals surface area contributed by atoms with Crippen molar-refractivity contribution in [2.45, 2.75) is 37.9 Å². The summed E-state index contributed by atoms with van der Waals surface area (Å²) in [5.41, 5.74) is 2.00. The molecular weight excluding hydrogens is 422 g/mol. The molecule has 1 amide bonds. The van der Waals surface area contributed by atoms with Crippen LogP contribution in [0.25, 0.3) is 10.2 Å². The Hall–Kier alpha value is -2.52. The maximum atomic E-state index is 12.6. The van der Waals surface area contributed by atoms with Gasteiger partial charge in [0.25, 0.3) is 5.56 Å². The van der Waals surface area contributed by atoms with Crippen LogP contribution in [0, 0.1) is 5.92 Å². The molecule has 0 fully saturated rings. The molecule has 1 aliphatic carbocycles. The van der Waals surface area contributed by atoms with E-state index in [-0.39, 0.29) is 24.0 Å². The monoisotopic (exact) mass is 443 g/mol. The maximum absolute atomic E-state index is 12.6. The van der Waals surface area contributed by atoms with Gasteiger partial charge in [0, 0.05) is 11.4 Å². The van der Waals surface area contributed by atoms with Crippen LogP contribution in [0.4, 0.5) is 0 Å². The first kappa shape index (κ1) is 19.4. The standard InChI is InChI=1S/C21H21N3O4S2/c1-11-2-4-13-16(6-11)30-20-18(13)19(26)23-21(24-20)29-9-17(25)22-8-12-3-5-14-15(7-12)28-10-27-14/h3,5,7,11H,2,4,6,8-10H2,1H3,(H,22,25)(H,23,24,26)/t11-/m0/s1. The van der Waals surface area contributed by atoms with Crippen molar-refractivity contribution in [1.29, 1.82) is 0 Å². The van der Waals surface area contributed by atoms with Gasteiger partial charge in [-0.15, -0.1) is 11.3 Å². The highest BCUT2D eigenvalue weighted by atomic mass is 32.2. The van der Waals surface area contributed by atoms with Gasteiger partial charge in [0.1, 0.15) is 4.83 Å². The van der Waals surface area contributed by atoms with Crippen LogP contribution in [0.15, 0.2) is 28.2 Å². The minimum Gasteiger partial charge on any atom is -0.454 e. The fourth-order valence-electron chi connectivity index (χ4n) is 3.83. The topological polar surface area (TPSA) is 93.3 Å². The molecule has 0 saturated carbocycles. The fourth-order valence-corrected chi connectivity index (χ4v) is 5.97. The Morgan fingerprint density at radius 1 is 1.37 bits per heavy atom. The number of carbonyl (C=O) groups excluding carboxylic acids is 1. The van der Waals surface area contributed by atoms with Crippen molar-refractivity contribution >= 4 is 39.2 Å². The Labute approximate surface area is 181 Å². The van der Waals surface area contributed by atoms with Gasteiger partial charge < -0.3 is 19.8 Å². The zero-order valence-corrected chi connectivity index (χ0v) is 18.1. The van der Waals surface area contributed by atoms with E-state index in [1.165, 1.54) is 22.2 Å². The molecule has 5 rings (SSSR count). The van der Waals surface area contributed by atoms with Crippen LogP contribution >= 0.6 is 23.1 Å². The van der Waals surface area contributed by atoms with E-state index >= 15 is 0 Å². The van der Waals surface area contributed by atoms with Gasteiger partial charge in [0.05, 0.1) is 11.1 Å². The van der Waals surface area contributed by atoms with E-state index in [9.17, 15) is 9.59 Å². The Bertz CT molecular complexity index is 1190. The molecule has 7 nitrogen and oxygen atoms in total. The first-order chi connectivity index (χ1) is 14.6. The van der Waals surface area contributed by atoms with Crippen LogP contribution in [0.2, 0.25) is 0 Å². The summed E-state index contributed by atoms with van der Waals surface area (Å²) in [6.07, 6.45) is 3.06. The van der Waals surface area contributed by atoms with Crippen molar-refractivity contribution in [3.8, 4) is 11.5 Å². The van der Waals surface area contributed by atoms with E-state index in [4.69, 9.17) is 9.47 Å². The zero-order chi connectivity index (χ0) is 20.7. The van der Waals surface area contributed by atoms with Crippen LogP contribution in [0.5, 0.6) is 11.5 Å². The number of carbonyl (C=O) groups is 1. The Morgan fingerprint density at radius 3 is 3.13 bits per heavy atom. The lowest BCUT2D eigenvalue weighted by atomic mass is 9.89. The molecule has 9 heteroatoms. The van der Waals surface area contributed by atoms with Crippen molar-refractivity contribution in [2.24, 2.45) is 5.92 Å². The average Bonchev–Trinajstić information content (AvgIpc) is 3.33. The summed E-state index contributed by atoms with van der Waals surface area (Å²) >= 11 is 2.86. The highest BCUT2D eigenvalue weighted by Gasteiger charge is 2.23. The summed E-state index contributed by atoms with van der Waals surface area (Å²) in [4.78, 5) is 34.4. The number of hydrogen-bond acceptors (Lipinski definition) is 7. The molecule has 3 heterocycles. The smallest absolute Gasteiger partial charge is 0.260 e. The second kappa shape index (κ2) is 7.96. The highest BCUT2D eigenvalue weighted by Crippen LogP contribution is 2.36. The van der Waals surface area contributed by atoms with Crippen molar-refractivity contribution in [1.82, 2.24) is 15.3 Å². The Balaban J connectivity index is 1.22. The third kappa shape index (κ3) is 3.79. The molecule has 2 aliphatic rings. The summed E-state index contributed by atoms with van der Waals surface area (Å²) < 4.78 is 10.6. The second-order valence-corrected chi connectivity index (χ2v) is 9.70. The lowest BCUT2D eigenvalue weighted by molar-refractivity contribution is -0.118. The van der Waals surface area contributed by atoms with Crippen LogP contribution in [0.3, 0.4) is 0 Å². The van der Waals surface area contributed by atoms with E-state index < -0.39 is 0 Å². The van der Waals surface area contributed by atoms with Gasteiger partial charge in [-0.1, -0.05) is 24.8 Å². The number of ether oxygens (including phenoxy) is 2. The van der Waals surface area contributed by atoms with E-state index in [2.05, 4.69) is 22.2 Å². The molecule has 2 N–H and O–H groups in total. The number of benzene rings is 1. The van der Waals surface area contributed by atoms with E-state index in [0.29, 0.717) is 23.4 Å². The van der Waals surface area contributed by atoms with E-state index in [1.807, 2.05) is 18.2 Å². The molecule has 1 atom stereocenters. The molecule has 0 saturated heterocycles. The van der Waals surface area contributed by atoms with Gasteiger partial charge >= 0.3 is 0 Å². The fraction of sp³-hybridized carbons (Fsp3) is 0.381. The molecule has 0 spiro atoms. The summed E-state index contributed by atoms with van der Waals surface area (Å²) in [5, 5.41) is 4.10. The highest BCUT2D eigenvalue weighted by molar-refractivity contribution is 7.99. The minimum atomic E-state index is -0.125. The molecule has 3 aromatic rings. The molecule has 0 unspecified atom stereocenters. The summed E-state index contributed by atoms with van der Waals surface area (Å²) in [6.45, 7) is 2.87. The number of nitrogens with one attached hydrogen (secondary N) is 2. The Morgan fingerprint density at radius 2 is 2.23 bits per heavy atom. The quantitative estimate of drug-likeness (QED) is 0.465. The number of aromatic amines is 1. The lowest BCUT2D eigenvalue weighted by Crippen LogP contribution is -2.24. The SMILES string of the molecule is C[C@H]1CCc2c(sc3nc(SCC(=O)NCc4ccc5c(c4)OCO5)[nH]c(=O)c23)C1. The van der Waals surface area contributed by atoms with Gasteiger partial charge in [-0.2, -0.15) is 0 Å². The van der Waals surface area contributed by atoms with E-state index in [0.717, 1.165) is 40.8 Å². The lowest BCUT2D eigenvalue weighted by Gasteiger charge is -2.17. The number of thioether (sulfide) groups is 1. The Kier molecular flexibility index (Phi) is 5.16. The molecule has 0 radical (unpaired) electrons. The number of aromatic nitrogens is 2. The average molecular weight is 444 g/mol. The number of thiophene rings is 1. The molecule has 30 heavy (non-hydrogen) atoms. The molecule has 1 aromatic carbocycles. The van der Waals surface area contributed by atoms with Crippen molar-refractivity contribution in [2.75, 3.05) is 12.5 Å². The minimum absolute atomic E-state index is 0.102. The first-order valence-electron chi connectivity index (χ1n) is 9.89. The van der Waals surface area contributed by atoms with Crippen LogP contribution in [-0.2, 0) is 24.2 Å². The van der Waals surface area contributed by atoms with Crippen LogP contribution < -0.4 is 20.3 Å². The van der Waals surface area contributed by atoms with Gasteiger partial charge in [-0.05, 0) is 48.4 Å². The van der Waals surface area contributed by atoms with E-state index in [1.54, 1.807) is 11.3 Å². The number of aryl methyl sites for hydroxylation is 1. The van der Waals surface area contributed by atoms with Gasteiger partial charge in [0.15, 0.2) is 16.7 Å². The van der Waals surface area contributed by atoms with Crippen molar-refractivity contribution in [3.63, 3.8) is 0 Å². The molecule has 1 aliphatic heterocycles. The van der Waals surface area contributed by atoms with Crippen LogP contribution in [-0.4, -0.2) is 28.4 Å². The van der Waals surface area contributed by atoms with Crippen LogP contribution in [0.1, 0.15) is 29.3 Å². The largest absolute Gasteiger partial charge is 0.454 e. The summed E-state index contributed by atoms with van der Waals surface area (Å²) in [6, 6.07) is 5.60. The first-order valence-corrected chi connectivity index (χ1v) is 11.7. The predicted octanol–water partition coefficient (Wildman–Crippen LogP) is 3.25. The number of fused-ring (bicyclic) bond motifs is 4. The molecule has 0 bridgehead atoms. The third-order valence-electron chi connectivity index (χ3n) is 5.41. The normalized spacial score (nSPS) is 17.2. The number of amides is 1. The van der Waals surface area contributed by atoms with Gasteiger partial charge in [-0.25, -0.2) is 4.98 Å². The zero-order valence-electron chi connectivity index (χ0n) is 16.4. The number of rotatable bonds is 5.